The highest BCUT2D eigenvalue weighted by Gasteiger charge is 1.70. The first kappa shape index (κ1) is 9.34. The van der Waals surface area contributed by atoms with Crippen LogP contribution in [-0.4, -0.2) is 22.7 Å². The summed E-state index contributed by atoms with van der Waals surface area (Å²) in [5.74, 6) is 0. The number of carboxylic acid groups (broad SMARTS) is 2. The predicted octanol–water partition coefficient (Wildman–Crippen LogP) is 0.428. The van der Waals surface area contributed by atoms with E-state index in [9.17, 15) is 0 Å². The average Bonchev–Trinajstić information content (AvgIpc) is 1.33. The van der Waals surface area contributed by atoms with Crippen LogP contribution in [0.5, 0.6) is 0 Å². The van der Waals surface area contributed by atoms with Gasteiger partial charge in [0, 0.05) is 0 Å². The van der Waals surface area contributed by atoms with Crippen LogP contribution in [0.3, 0.4) is 0 Å². The summed E-state index contributed by atoms with van der Waals surface area (Å²) in [6, 6.07) is 0. The second-order valence-corrected chi connectivity index (χ2v) is 0.518. The van der Waals surface area contributed by atoms with E-state index in [1.54, 1.807) is 0 Å². The van der Waals surface area contributed by atoms with Crippen molar-refractivity contribution in [2.75, 3.05) is 0 Å². The fourth-order valence-electron chi connectivity index (χ4n) is 0. The second kappa shape index (κ2) is 8.87. The molecule has 0 heterocycles. The maximum atomic E-state index is 8.81. The summed E-state index contributed by atoms with van der Waals surface area (Å²) in [5, 5.41) is 13.9. The van der Waals surface area contributed by atoms with Crippen LogP contribution in [0.15, 0.2) is 0 Å². The van der Waals surface area contributed by atoms with Crippen molar-refractivity contribution in [3.8, 4) is 0 Å². The predicted molar refractivity (Wildman–Crippen MR) is 22.4 cm³/mol. The van der Waals surface area contributed by atoms with E-state index in [0.717, 1.165) is 6.29 Å². The van der Waals surface area contributed by atoms with Gasteiger partial charge in [-0.3, -0.25) is 0 Å². The molecule has 0 aromatic carbocycles. The van der Waals surface area contributed by atoms with E-state index >= 15 is 0 Å². The molecule has 0 aromatic rings. The van der Waals surface area contributed by atoms with Crippen molar-refractivity contribution in [2.24, 2.45) is 0 Å². The van der Waals surface area contributed by atoms with Gasteiger partial charge < -0.3 is 15.0 Å². The minimum absolute atomic E-state index is 0.750. The first-order valence-corrected chi connectivity index (χ1v) is 1.46. The molecule has 0 radical (unpaired) electrons. The quantitative estimate of drug-likeness (QED) is 0.439. The smallest absolute Gasteiger partial charge is 0.450 e. The van der Waals surface area contributed by atoms with Crippen LogP contribution in [0.4, 0.5) is 4.79 Å². The van der Waals surface area contributed by atoms with E-state index < -0.39 is 6.16 Å². The standard InChI is InChI=1S/C2H4O.CH2O3/c1-2-3;2-1(3)4/h2H,1H3;(H2,2,3,4). The van der Waals surface area contributed by atoms with Gasteiger partial charge in [-0.15, -0.1) is 0 Å². The van der Waals surface area contributed by atoms with Crippen molar-refractivity contribution in [1.29, 1.82) is 0 Å². The van der Waals surface area contributed by atoms with Gasteiger partial charge >= 0.3 is 6.16 Å². The zero-order chi connectivity index (χ0) is 6.28. The molecule has 0 spiro atoms. The fourth-order valence-corrected chi connectivity index (χ4v) is 0. The number of carbonyl (C=O) groups is 2. The lowest BCUT2D eigenvalue weighted by Crippen LogP contribution is -1.81. The molecule has 2 N–H and O–H groups in total. The molecule has 0 fully saturated rings. The Morgan fingerprint density at radius 2 is 1.57 bits per heavy atom. The summed E-state index contributed by atoms with van der Waals surface area (Å²) >= 11 is 0. The number of aldehydes is 1. The van der Waals surface area contributed by atoms with Gasteiger partial charge in [-0.2, -0.15) is 0 Å². The van der Waals surface area contributed by atoms with Crippen molar-refractivity contribution in [3.05, 3.63) is 0 Å². The molecular formula is C3H6O4. The number of hydrogen-bond donors (Lipinski definition) is 2. The maximum Gasteiger partial charge on any atom is 0.503 e. The molecule has 0 saturated carbocycles. The molecule has 0 aliphatic carbocycles. The molecule has 4 nitrogen and oxygen atoms in total. The molecular weight excluding hydrogens is 100 g/mol. The minimum atomic E-state index is -1.83. The van der Waals surface area contributed by atoms with Crippen LogP contribution in [0.25, 0.3) is 0 Å². The third-order valence-corrected chi connectivity index (χ3v) is 0. The van der Waals surface area contributed by atoms with Gasteiger partial charge in [-0.05, 0) is 6.92 Å². The van der Waals surface area contributed by atoms with Gasteiger partial charge in [0.05, 0.1) is 0 Å². The third-order valence-electron chi connectivity index (χ3n) is 0. The van der Waals surface area contributed by atoms with Crippen molar-refractivity contribution in [2.45, 2.75) is 6.92 Å². The Labute approximate surface area is 40.4 Å². The van der Waals surface area contributed by atoms with Gasteiger partial charge in [0.1, 0.15) is 6.29 Å². The van der Waals surface area contributed by atoms with Crippen LogP contribution in [0.2, 0.25) is 0 Å². The lowest BCUT2D eigenvalue weighted by Gasteiger charge is -1.60. The summed E-state index contributed by atoms with van der Waals surface area (Å²) < 4.78 is 0. The van der Waals surface area contributed by atoms with Gasteiger partial charge in [-0.1, -0.05) is 0 Å². The molecule has 0 saturated heterocycles. The normalized spacial score (nSPS) is 5.29. The van der Waals surface area contributed by atoms with Gasteiger partial charge in [0.25, 0.3) is 0 Å². The molecule has 0 aromatic heterocycles. The summed E-state index contributed by atoms with van der Waals surface area (Å²) in [4.78, 5) is 17.4. The molecule has 0 amide bonds. The molecule has 4 heteroatoms. The van der Waals surface area contributed by atoms with Crippen LogP contribution < -0.4 is 0 Å². The monoisotopic (exact) mass is 106 g/mol. The number of carbonyl (C=O) groups excluding carboxylic acids is 1. The summed E-state index contributed by atoms with van der Waals surface area (Å²) in [6.07, 6.45) is -1.08. The minimum Gasteiger partial charge on any atom is -0.450 e. The average molecular weight is 106 g/mol. The Balaban J connectivity index is 0. The molecule has 0 rings (SSSR count). The van der Waals surface area contributed by atoms with E-state index in [4.69, 9.17) is 19.8 Å². The third kappa shape index (κ3) is 38.0. The van der Waals surface area contributed by atoms with E-state index in [1.165, 1.54) is 6.92 Å². The highest BCUT2D eigenvalue weighted by molar-refractivity contribution is 5.53. The largest absolute Gasteiger partial charge is 0.503 e. The number of hydrogen-bond acceptors (Lipinski definition) is 2. The molecule has 0 unspecified atom stereocenters. The Bertz CT molecular complexity index is 54.0. The Morgan fingerprint density at radius 1 is 1.57 bits per heavy atom. The summed E-state index contributed by atoms with van der Waals surface area (Å²) in [6.45, 7) is 1.44. The SMILES string of the molecule is CC=O.O=C(O)O. The topological polar surface area (TPSA) is 74.6 Å². The van der Waals surface area contributed by atoms with Crippen LogP contribution in [0, 0.1) is 0 Å². The maximum absolute atomic E-state index is 8.81. The van der Waals surface area contributed by atoms with Crippen molar-refractivity contribution < 1.29 is 19.8 Å². The van der Waals surface area contributed by atoms with E-state index in [0.29, 0.717) is 0 Å². The van der Waals surface area contributed by atoms with Crippen LogP contribution in [-0.2, 0) is 4.79 Å². The first-order chi connectivity index (χ1) is 3.15. The molecule has 0 bridgehead atoms. The summed E-state index contributed by atoms with van der Waals surface area (Å²) in [7, 11) is 0. The zero-order valence-electron chi connectivity index (χ0n) is 3.79. The van der Waals surface area contributed by atoms with E-state index in [-0.39, 0.29) is 0 Å². The van der Waals surface area contributed by atoms with E-state index in [1.807, 2.05) is 0 Å². The number of rotatable bonds is 0. The first-order valence-electron chi connectivity index (χ1n) is 1.46. The Kier molecular flexibility index (Phi) is 11.8. The van der Waals surface area contributed by atoms with Crippen molar-refractivity contribution in [3.63, 3.8) is 0 Å². The van der Waals surface area contributed by atoms with Gasteiger partial charge in [0.2, 0.25) is 0 Å². The molecule has 7 heavy (non-hydrogen) atoms. The molecule has 0 aliphatic rings. The summed E-state index contributed by atoms with van der Waals surface area (Å²) in [5.41, 5.74) is 0. The van der Waals surface area contributed by atoms with Gasteiger partial charge in [0.15, 0.2) is 0 Å². The molecule has 42 valence electrons. The molecule has 0 atom stereocenters. The van der Waals surface area contributed by atoms with Crippen LogP contribution in [0.1, 0.15) is 6.92 Å². The van der Waals surface area contributed by atoms with Crippen LogP contribution >= 0.6 is 0 Å². The lowest BCUT2D eigenvalue weighted by molar-refractivity contribution is -0.106. The Hall–Kier alpha value is -1.06. The Morgan fingerprint density at radius 3 is 1.57 bits per heavy atom. The zero-order valence-corrected chi connectivity index (χ0v) is 3.79. The van der Waals surface area contributed by atoms with Crippen molar-refractivity contribution >= 4 is 12.4 Å². The highest BCUT2D eigenvalue weighted by Crippen LogP contribution is 1.42. The lowest BCUT2D eigenvalue weighted by atomic mass is 11.0. The van der Waals surface area contributed by atoms with Crippen molar-refractivity contribution in [1.82, 2.24) is 0 Å². The fraction of sp³-hybridized carbons (Fsp3) is 0.333. The molecule has 0 aliphatic heterocycles. The van der Waals surface area contributed by atoms with Gasteiger partial charge in [-0.25, -0.2) is 4.79 Å². The van der Waals surface area contributed by atoms with E-state index in [2.05, 4.69) is 0 Å². The second-order valence-electron chi connectivity index (χ2n) is 0.518. The highest BCUT2D eigenvalue weighted by atomic mass is 16.6.